The molecule has 1 aromatic heterocycles. The minimum Gasteiger partial charge on any atom is -0.382 e. The van der Waals surface area contributed by atoms with E-state index in [0.29, 0.717) is 34.4 Å². The van der Waals surface area contributed by atoms with Crippen molar-refractivity contribution >= 4 is 17.4 Å². The molecule has 1 aromatic carbocycles. The van der Waals surface area contributed by atoms with Crippen LogP contribution in [-0.2, 0) is 4.74 Å². The van der Waals surface area contributed by atoms with Crippen LogP contribution in [0.3, 0.4) is 0 Å². The van der Waals surface area contributed by atoms with Crippen molar-refractivity contribution in [2.75, 3.05) is 12.3 Å². The molecule has 0 saturated carbocycles. The van der Waals surface area contributed by atoms with E-state index < -0.39 is 0 Å². The average molecular weight is 289 g/mol. The van der Waals surface area contributed by atoms with E-state index in [1.54, 1.807) is 6.07 Å². The first-order valence-electron chi connectivity index (χ1n) is 6.37. The molecule has 1 aliphatic heterocycles. The molecule has 2 N–H and O–H groups in total. The summed E-state index contributed by atoms with van der Waals surface area (Å²) in [5.74, 6) is 0.297. The molecule has 6 heteroatoms. The van der Waals surface area contributed by atoms with E-state index >= 15 is 0 Å². The summed E-state index contributed by atoms with van der Waals surface area (Å²) >= 11 is 6.16. The number of rotatable bonds is 2. The Kier molecular flexibility index (Phi) is 3.35. The van der Waals surface area contributed by atoms with Crippen LogP contribution in [0, 0.1) is 11.3 Å². The van der Waals surface area contributed by atoms with Gasteiger partial charge in [0.15, 0.2) is 0 Å². The van der Waals surface area contributed by atoms with Gasteiger partial charge in [-0.15, -0.1) is 0 Å². The molecule has 2 heterocycles. The first-order valence-corrected chi connectivity index (χ1v) is 6.75. The van der Waals surface area contributed by atoms with Gasteiger partial charge in [0.05, 0.1) is 10.7 Å². The van der Waals surface area contributed by atoms with Crippen molar-refractivity contribution < 1.29 is 4.74 Å². The highest BCUT2D eigenvalue weighted by Crippen LogP contribution is 2.34. The lowest BCUT2D eigenvalue weighted by Gasteiger charge is -2.06. The largest absolute Gasteiger partial charge is 0.382 e. The van der Waals surface area contributed by atoms with Crippen molar-refractivity contribution in [3.05, 3.63) is 40.5 Å². The van der Waals surface area contributed by atoms with Gasteiger partial charge in [0.2, 0.25) is 0 Å². The van der Waals surface area contributed by atoms with Crippen LogP contribution >= 0.6 is 11.6 Å². The summed E-state index contributed by atoms with van der Waals surface area (Å²) in [6.07, 6.45) is 1.66. The number of ether oxygens (including phenoxy) is 1. The van der Waals surface area contributed by atoms with Crippen molar-refractivity contribution in [2.24, 2.45) is 0 Å². The van der Waals surface area contributed by atoms with Crippen LogP contribution in [0.2, 0.25) is 5.02 Å². The lowest BCUT2D eigenvalue weighted by atomic mass is 10.1. The molecule has 1 fully saturated rings. The smallest absolute Gasteiger partial charge is 0.145 e. The zero-order chi connectivity index (χ0) is 14.1. The van der Waals surface area contributed by atoms with Crippen molar-refractivity contribution in [2.45, 2.75) is 18.9 Å². The molecule has 3 rings (SSSR count). The molecule has 1 aliphatic rings. The van der Waals surface area contributed by atoms with Gasteiger partial charge < -0.3 is 10.5 Å². The number of benzene rings is 1. The van der Waals surface area contributed by atoms with Gasteiger partial charge in [-0.25, -0.2) is 4.68 Å². The molecule has 1 saturated heterocycles. The summed E-state index contributed by atoms with van der Waals surface area (Å²) < 4.78 is 7.11. The summed E-state index contributed by atoms with van der Waals surface area (Å²) in [7, 11) is 0. The molecule has 0 spiro atoms. The fraction of sp³-hybridized carbons (Fsp3) is 0.286. The zero-order valence-electron chi connectivity index (χ0n) is 10.7. The molecule has 0 radical (unpaired) electrons. The molecule has 0 bridgehead atoms. The maximum atomic E-state index is 9.32. The standard InChI is InChI=1S/C14H13ClN4O/c15-10-4-1-2-5-11(10)19-14(17)9(8-16)13(18-19)12-6-3-7-20-12/h1-2,4-5,12H,3,6-7,17H2. The highest BCUT2D eigenvalue weighted by Gasteiger charge is 2.27. The normalized spacial score (nSPS) is 18.1. The second kappa shape index (κ2) is 5.16. The Morgan fingerprint density at radius 1 is 1.45 bits per heavy atom. The number of halogens is 1. The maximum Gasteiger partial charge on any atom is 0.145 e. The number of aromatic nitrogens is 2. The molecule has 20 heavy (non-hydrogen) atoms. The minimum atomic E-state index is -0.157. The summed E-state index contributed by atoms with van der Waals surface area (Å²) in [5.41, 5.74) is 7.68. The SMILES string of the molecule is N#Cc1c(C2CCCO2)nn(-c2ccccc2Cl)c1N. The van der Waals surface area contributed by atoms with Crippen molar-refractivity contribution in [1.82, 2.24) is 9.78 Å². The molecule has 0 amide bonds. The van der Waals surface area contributed by atoms with Crippen molar-refractivity contribution in [1.29, 1.82) is 5.26 Å². The lowest BCUT2D eigenvalue weighted by Crippen LogP contribution is -2.03. The molecule has 5 nitrogen and oxygen atoms in total. The fourth-order valence-corrected chi connectivity index (χ4v) is 2.60. The van der Waals surface area contributed by atoms with E-state index in [2.05, 4.69) is 11.2 Å². The van der Waals surface area contributed by atoms with E-state index in [0.717, 1.165) is 12.8 Å². The van der Waals surface area contributed by atoms with Crippen LogP contribution < -0.4 is 5.73 Å². The van der Waals surface area contributed by atoms with Gasteiger partial charge in [0.25, 0.3) is 0 Å². The summed E-state index contributed by atoms with van der Waals surface area (Å²) in [6.45, 7) is 0.689. The van der Waals surface area contributed by atoms with E-state index in [1.807, 2.05) is 18.2 Å². The number of nitriles is 1. The number of nitrogen functional groups attached to an aromatic ring is 1. The molecular formula is C14H13ClN4O. The number of nitrogens with two attached hydrogens (primary N) is 1. The molecular weight excluding hydrogens is 276 g/mol. The fourth-order valence-electron chi connectivity index (χ4n) is 2.39. The van der Waals surface area contributed by atoms with E-state index in [1.165, 1.54) is 4.68 Å². The minimum absolute atomic E-state index is 0.157. The van der Waals surface area contributed by atoms with Gasteiger partial charge in [0.1, 0.15) is 29.2 Å². The quantitative estimate of drug-likeness (QED) is 0.922. The third-order valence-electron chi connectivity index (χ3n) is 3.38. The third kappa shape index (κ3) is 2.03. The topological polar surface area (TPSA) is 76.9 Å². The number of hydrogen-bond donors (Lipinski definition) is 1. The highest BCUT2D eigenvalue weighted by molar-refractivity contribution is 6.32. The molecule has 1 unspecified atom stereocenters. The Bertz CT molecular complexity index is 683. The monoisotopic (exact) mass is 288 g/mol. The predicted octanol–water partition coefficient (Wildman–Crippen LogP) is 2.83. The van der Waals surface area contributed by atoms with Crippen LogP contribution in [0.25, 0.3) is 5.69 Å². The first-order chi connectivity index (χ1) is 9.72. The Hall–Kier alpha value is -2.03. The Labute approximate surface area is 121 Å². The number of anilines is 1. The zero-order valence-corrected chi connectivity index (χ0v) is 11.5. The highest BCUT2D eigenvalue weighted by atomic mass is 35.5. The average Bonchev–Trinajstić information content (AvgIpc) is 3.07. The second-order valence-corrected chi connectivity index (χ2v) is 5.03. The molecule has 2 aromatic rings. The summed E-state index contributed by atoms with van der Waals surface area (Å²) in [6, 6.07) is 9.37. The van der Waals surface area contributed by atoms with Gasteiger partial charge in [-0.3, -0.25) is 0 Å². The van der Waals surface area contributed by atoms with E-state index in [4.69, 9.17) is 22.1 Å². The summed E-state index contributed by atoms with van der Waals surface area (Å²) in [5, 5.41) is 14.3. The van der Waals surface area contributed by atoms with Gasteiger partial charge in [-0.1, -0.05) is 23.7 Å². The van der Waals surface area contributed by atoms with Crippen LogP contribution in [0.5, 0.6) is 0 Å². The van der Waals surface area contributed by atoms with E-state index in [9.17, 15) is 5.26 Å². The van der Waals surface area contributed by atoms with Gasteiger partial charge in [-0.2, -0.15) is 10.4 Å². The lowest BCUT2D eigenvalue weighted by molar-refractivity contribution is 0.108. The van der Waals surface area contributed by atoms with Gasteiger partial charge >= 0.3 is 0 Å². The Morgan fingerprint density at radius 2 is 2.25 bits per heavy atom. The van der Waals surface area contributed by atoms with Crippen LogP contribution in [0.15, 0.2) is 24.3 Å². The number of para-hydroxylation sites is 1. The van der Waals surface area contributed by atoms with Gasteiger partial charge in [-0.05, 0) is 25.0 Å². The predicted molar refractivity (Wildman–Crippen MR) is 75.6 cm³/mol. The Balaban J connectivity index is 2.14. The third-order valence-corrected chi connectivity index (χ3v) is 3.69. The molecule has 0 aliphatic carbocycles. The van der Waals surface area contributed by atoms with Crippen LogP contribution in [-0.4, -0.2) is 16.4 Å². The second-order valence-electron chi connectivity index (χ2n) is 4.62. The molecule has 1 atom stereocenters. The van der Waals surface area contributed by atoms with E-state index in [-0.39, 0.29) is 6.10 Å². The number of hydrogen-bond acceptors (Lipinski definition) is 4. The van der Waals surface area contributed by atoms with Gasteiger partial charge in [0, 0.05) is 6.61 Å². The summed E-state index contributed by atoms with van der Waals surface area (Å²) in [4.78, 5) is 0. The Morgan fingerprint density at radius 3 is 2.90 bits per heavy atom. The maximum absolute atomic E-state index is 9.32. The van der Waals surface area contributed by atoms with Crippen molar-refractivity contribution in [3.8, 4) is 11.8 Å². The van der Waals surface area contributed by atoms with Crippen molar-refractivity contribution in [3.63, 3.8) is 0 Å². The van der Waals surface area contributed by atoms with Crippen LogP contribution in [0.4, 0.5) is 5.82 Å². The van der Waals surface area contributed by atoms with Crippen LogP contribution in [0.1, 0.15) is 30.2 Å². The molecule has 102 valence electrons. The first kappa shape index (κ1) is 13.0. The number of nitrogens with zero attached hydrogens (tertiary/aromatic N) is 3.